The lowest BCUT2D eigenvalue weighted by Crippen LogP contribution is -2.29. The molecule has 1 aliphatic carbocycles. The molecule has 152 valence electrons. The minimum Gasteiger partial charge on any atom is -0.351 e. The molecule has 2 aliphatic rings. The normalized spacial score (nSPS) is 23.4. The summed E-state index contributed by atoms with van der Waals surface area (Å²) in [6, 6.07) is 6.52. The van der Waals surface area contributed by atoms with Crippen LogP contribution in [-0.4, -0.2) is 54.5 Å². The van der Waals surface area contributed by atoms with Crippen molar-refractivity contribution in [3.8, 4) is 11.1 Å². The standard InChI is InChI=1S/C22H23N7O/c1-13(30)28-11-15-6-17(7-16(15)12-28)26-22-24-10-20-19(9-23-21(20)27-22)14-3-5-29-18(8-14)2-4-25-29/h2-5,8-10,15-17H,6-7,11-12H2,1H3,(H2,23,24,26,27)/t15-,16+,17-. The number of amides is 1. The highest BCUT2D eigenvalue weighted by atomic mass is 16.2. The summed E-state index contributed by atoms with van der Waals surface area (Å²) in [7, 11) is 0. The van der Waals surface area contributed by atoms with E-state index in [9.17, 15) is 4.79 Å². The van der Waals surface area contributed by atoms with Crippen LogP contribution in [0, 0.1) is 11.8 Å². The van der Waals surface area contributed by atoms with Crippen LogP contribution < -0.4 is 5.32 Å². The van der Waals surface area contributed by atoms with E-state index in [1.54, 1.807) is 13.1 Å². The molecule has 5 heterocycles. The van der Waals surface area contributed by atoms with E-state index in [4.69, 9.17) is 4.98 Å². The molecule has 1 saturated heterocycles. The van der Waals surface area contributed by atoms with E-state index in [0.717, 1.165) is 53.6 Å². The third-order valence-corrected chi connectivity index (χ3v) is 6.67. The van der Waals surface area contributed by atoms with E-state index < -0.39 is 0 Å². The molecule has 2 N–H and O–H groups in total. The van der Waals surface area contributed by atoms with Gasteiger partial charge in [0.1, 0.15) is 5.65 Å². The van der Waals surface area contributed by atoms with Crippen LogP contribution in [0.1, 0.15) is 19.8 Å². The highest BCUT2D eigenvalue weighted by Gasteiger charge is 2.41. The van der Waals surface area contributed by atoms with Gasteiger partial charge < -0.3 is 15.2 Å². The first-order valence-corrected chi connectivity index (χ1v) is 10.4. The number of H-pyrrole nitrogens is 1. The second-order valence-corrected chi connectivity index (χ2v) is 8.53. The average Bonchev–Trinajstić information content (AvgIpc) is 3.49. The molecule has 6 rings (SSSR count). The molecule has 4 aromatic heterocycles. The fraction of sp³-hybridized carbons (Fsp3) is 0.364. The number of carbonyl (C=O) groups is 1. The zero-order valence-corrected chi connectivity index (χ0v) is 16.7. The Bertz CT molecular complexity index is 1240. The molecule has 4 aromatic rings. The first-order chi connectivity index (χ1) is 14.6. The number of carbonyl (C=O) groups excluding carboxylic acids is 1. The van der Waals surface area contributed by atoms with E-state index in [-0.39, 0.29) is 5.91 Å². The maximum Gasteiger partial charge on any atom is 0.224 e. The molecule has 0 unspecified atom stereocenters. The van der Waals surface area contributed by atoms with Gasteiger partial charge in [-0.3, -0.25) is 4.79 Å². The van der Waals surface area contributed by atoms with Gasteiger partial charge >= 0.3 is 0 Å². The summed E-state index contributed by atoms with van der Waals surface area (Å²) in [5, 5.41) is 8.78. The highest BCUT2D eigenvalue weighted by molar-refractivity contribution is 5.94. The molecule has 0 aromatic carbocycles. The molecule has 3 atom stereocenters. The lowest BCUT2D eigenvalue weighted by Gasteiger charge is -2.18. The number of hydrogen-bond acceptors (Lipinski definition) is 5. The lowest BCUT2D eigenvalue weighted by molar-refractivity contribution is -0.128. The largest absolute Gasteiger partial charge is 0.351 e. The summed E-state index contributed by atoms with van der Waals surface area (Å²) in [5.41, 5.74) is 4.07. The molecule has 8 heteroatoms. The predicted molar refractivity (Wildman–Crippen MR) is 114 cm³/mol. The van der Waals surface area contributed by atoms with Crippen LogP contribution in [0.25, 0.3) is 27.7 Å². The summed E-state index contributed by atoms with van der Waals surface area (Å²) < 4.78 is 1.85. The predicted octanol–water partition coefficient (Wildman–Crippen LogP) is 2.94. The van der Waals surface area contributed by atoms with Gasteiger partial charge in [-0.2, -0.15) is 10.1 Å². The summed E-state index contributed by atoms with van der Waals surface area (Å²) in [5.74, 6) is 2.03. The van der Waals surface area contributed by atoms with Crippen molar-refractivity contribution in [2.45, 2.75) is 25.8 Å². The Morgan fingerprint density at radius 2 is 2.07 bits per heavy atom. The average molecular weight is 401 g/mol. The van der Waals surface area contributed by atoms with E-state index in [1.165, 1.54) is 0 Å². The van der Waals surface area contributed by atoms with Gasteiger partial charge in [-0.25, -0.2) is 9.50 Å². The van der Waals surface area contributed by atoms with Gasteiger partial charge in [0.05, 0.1) is 5.52 Å². The summed E-state index contributed by atoms with van der Waals surface area (Å²) in [6.45, 7) is 3.44. The van der Waals surface area contributed by atoms with Crippen LogP contribution >= 0.6 is 0 Å². The molecule has 8 nitrogen and oxygen atoms in total. The highest BCUT2D eigenvalue weighted by Crippen LogP contribution is 2.39. The van der Waals surface area contributed by atoms with Crippen LogP contribution in [0.4, 0.5) is 5.95 Å². The minimum atomic E-state index is 0.192. The Morgan fingerprint density at radius 3 is 2.87 bits per heavy atom. The topological polar surface area (TPSA) is 91.2 Å². The molecule has 0 spiro atoms. The third-order valence-electron chi connectivity index (χ3n) is 6.67. The number of fused-ring (bicyclic) bond motifs is 3. The number of pyridine rings is 1. The maximum absolute atomic E-state index is 11.6. The molecule has 0 bridgehead atoms. The van der Waals surface area contributed by atoms with E-state index in [0.29, 0.717) is 23.8 Å². The molecular weight excluding hydrogens is 378 g/mol. The van der Waals surface area contributed by atoms with Crippen molar-refractivity contribution < 1.29 is 4.79 Å². The van der Waals surface area contributed by atoms with Gasteiger partial charge in [0.25, 0.3) is 0 Å². The van der Waals surface area contributed by atoms with Crippen LogP contribution in [-0.2, 0) is 4.79 Å². The number of aromatic amines is 1. The van der Waals surface area contributed by atoms with Crippen molar-refractivity contribution in [2.24, 2.45) is 11.8 Å². The first-order valence-electron chi connectivity index (χ1n) is 10.4. The Morgan fingerprint density at radius 1 is 1.23 bits per heavy atom. The molecule has 30 heavy (non-hydrogen) atoms. The van der Waals surface area contributed by atoms with E-state index in [2.05, 4.69) is 32.5 Å². The van der Waals surface area contributed by atoms with Crippen molar-refractivity contribution in [1.82, 2.24) is 29.5 Å². The number of likely N-dealkylation sites (tertiary alicyclic amines) is 1. The first kappa shape index (κ1) is 17.4. The fourth-order valence-corrected chi connectivity index (χ4v) is 5.16. The molecule has 2 fully saturated rings. The quantitative estimate of drug-likeness (QED) is 0.551. The fourth-order valence-electron chi connectivity index (χ4n) is 5.16. The van der Waals surface area contributed by atoms with Gasteiger partial charge in [-0.15, -0.1) is 0 Å². The number of nitrogens with zero attached hydrogens (tertiary/aromatic N) is 5. The van der Waals surface area contributed by atoms with Gasteiger partial charge in [0, 0.05) is 61.8 Å². The van der Waals surface area contributed by atoms with Crippen molar-refractivity contribution in [3.63, 3.8) is 0 Å². The van der Waals surface area contributed by atoms with Crippen LogP contribution in [0.15, 0.2) is 43.0 Å². The number of aromatic nitrogens is 5. The second-order valence-electron chi connectivity index (χ2n) is 8.53. The molecule has 1 aliphatic heterocycles. The third kappa shape index (κ3) is 2.82. The maximum atomic E-state index is 11.6. The zero-order chi connectivity index (χ0) is 20.2. The molecule has 1 amide bonds. The SMILES string of the molecule is CC(=O)N1C[C@H]2C[C@@H](Nc3ncc4c(-c5ccn6nccc6c5)c[nH]c4n3)C[C@H]2C1. The van der Waals surface area contributed by atoms with Gasteiger partial charge in [-0.05, 0) is 48.4 Å². The summed E-state index contributed by atoms with van der Waals surface area (Å²) >= 11 is 0. The van der Waals surface area contributed by atoms with Crippen molar-refractivity contribution in [1.29, 1.82) is 0 Å². The van der Waals surface area contributed by atoms with Gasteiger partial charge in [0.15, 0.2) is 0 Å². The lowest BCUT2D eigenvalue weighted by atomic mass is 10.0. The number of anilines is 1. The van der Waals surface area contributed by atoms with Crippen LogP contribution in [0.5, 0.6) is 0 Å². The van der Waals surface area contributed by atoms with E-state index >= 15 is 0 Å². The Kier molecular flexibility index (Phi) is 3.81. The van der Waals surface area contributed by atoms with Crippen molar-refractivity contribution >= 4 is 28.4 Å². The molecule has 1 saturated carbocycles. The van der Waals surface area contributed by atoms with Gasteiger partial charge in [-0.1, -0.05) is 0 Å². The van der Waals surface area contributed by atoms with E-state index in [1.807, 2.05) is 34.1 Å². The van der Waals surface area contributed by atoms with Crippen molar-refractivity contribution in [2.75, 3.05) is 18.4 Å². The van der Waals surface area contributed by atoms with Crippen LogP contribution in [0.2, 0.25) is 0 Å². The number of nitrogens with one attached hydrogen (secondary N) is 2. The van der Waals surface area contributed by atoms with Crippen LogP contribution in [0.3, 0.4) is 0 Å². The molecular formula is C22H23N7O. The smallest absolute Gasteiger partial charge is 0.224 e. The number of rotatable bonds is 3. The Labute approximate surface area is 173 Å². The van der Waals surface area contributed by atoms with Crippen molar-refractivity contribution in [3.05, 3.63) is 43.0 Å². The Hall–Kier alpha value is -3.42. The number of hydrogen-bond donors (Lipinski definition) is 2. The zero-order valence-electron chi connectivity index (χ0n) is 16.7. The second kappa shape index (κ2) is 6.55. The molecule has 0 radical (unpaired) electrons. The minimum absolute atomic E-state index is 0.192. The monoisotopic (exact) mass is 401 g/mol. The summed E-state index contributed by atoms with van der Waals surface area (Å²) in [6.07, 6.45) is 9.77. The van der Waals surface area contributed by atoms with Gasteiger partial charge in [0.2, 0.25) is 11.9 Å². The Balaban J connectivity index is 1.21. The summed E-state index contributed by atoms with van der Waals surface area (Å²) in [4.78, 5) is 26.2.